The van der Waals surface area contributed by atoms with Crippen molar-refractivity contribution < 1.29 is 0 Å². The van der Waals surface area contributed by atoms with E-state index in [4.69, 9.17) is 0 Å². The Bertz CT molecular complexity index is 460. The predicted molar refractivity (Wildman–Crippen MR) is 65.1 cm³/mol. The van der Waals surface area contributed by atoms with Crippen molar-refractivity contribution in [1.82, 2.24) is 4.57 Å². The molecular formula is C11H8Br2N. The van der Waals surface area contributed by atoms with Crippen molar-refractivity contribution in [3.05, 3.63) is 45.5 Å². The minimum atomic E-state index is 1.08. The van der Waals surface area contributed by atoms with E-state index in [1.807, 2.05) is 36.0 Å². The zero-order valence-electron chi connectivity index (χ0n) is 7.59. The highest BCUT2D eigenvalue weighted by molar-refractivity contribution is 9.11. The quantitative estimate of drug-likeness (QED) is 0.749. The molecule has 3 heteroatoms. The maximum absolute atomic E-state index is 3.55. The molecule has 0 saturated carbocycles. The van der Waals surface area contributed by atoms with Crippen LogP contribution in [-0.4, -0.2) is 4.57 Å². The van der Waals surface area contributed by atoms with Gasteiger partial charge in [0.05, 0.1) is 0 Å². The first kappa shape index (κ1) is 9.99. The fourth-order valence-electron chi connectivity index (χ4n) is 1.36. The molecule has 0 saturated heterocycles. The van der Waals surface area contributed by atoms with Gasteiger partial charge in [-0.05, 0) is 18.2 Å². The Kier molecular flexibility index (Phi) is 2.79. The van der Waals surface area contributed by atoms with Gasteiger partial charge in [-0.25, -0.2) is 0 Å². The summed E-state index contributed by atoms with van der Waals surface area (Å²) in [5.74, 6) is 0. The number of halogens is 2. The van der Waals surface area contributed by atoms with Gasteiger partial charge in [0.1, 0.15) is 0 Å². The second kappa shape index (κ2) is 3.91. The fraction of sp³-hybridized carbons (Fsp3) is 0.0909. The number of hydrogen-bond donors (Lipinski definition) is 0. The summed E-state index contributed by atoms with van der Waals surface area (Å²) in [6.07, 6.45) is 1.92. The van der Waals surface area contributed by atoms with Crippen LogP contribution < -0.4 is 0 Å². The number of nitrogens with zero attached hydrogens (tertiary/aromatic N) is 1. The van der Waals surface area contributed by atoms with E-state index in [2.05, 4.69) is 44.0 Å². The first-order valence-electron chi connectivity index (χ1n) is 4.16. The van der Waals surface area contributed by atoms with Crippen LogP contribution in [-0.2, 0) is 7.05 Å². The molecule has 2 rings (SSSR count). The average molecular weight is 314 g/mol. The van der Waals surface area contributed by atoms with Gasteiger partial charge in [-0.15, -0.1) is 0 Å². The molecule has 14 heavy (non-hydrogen) atoms. The number of benzene rings is 1. The third-order valence-corrected chi connectivity index (χ3v) is 3.22. The van der Waals surface area contributed by atoms with Crippen LogP contribution in [0.1, 0.15) is 0 Å². The van der Waals surface area contributed by atoms with E-state index in [0.717, 1.165) is 14.6 Å². The molecule has 1 nitrogen and oxygen atoms in total. The van der Waals surface area contributed by atoms with Gasteiger partial charge in [0.15, 0.2) is 0 Å². The molecule has 0 spiro atoms. The fourth-order valence-corrected chi connectivity index (χ4v) is 2.61. The van der Waals surface area contributed by atoms with Gasteiger partial charge in [-0.1, -0.05) is 37.9 Å². The summed E-state index contributed by atoms with van der Waals surface area (Å²) in [6.45, 7) is 0. The van der Waals surface area contributed by atoms with E-state index in [1.165, 1.54) is 5.56 Å². The van der Waals surface area contributed by atoms with Crippen molar-refractivity contribution in [3.63, 3.8) is 0 Å². The van der Waals surface area contributed by atoms with Crippen molar-refractivity contribution in [3.8, 4) is 11.3 Å². The molecule has 0 amide bonds. The van der Waals surface area contributed by atoms with Gasteiger partial charge < -0.3 is 4.57 Å². The summed E-state index contributed by atoms with van der Waals surface area (Å²) in [7, 11) is 2.01. The predicted octanol–water partition coefficient (Wildman–Crippen LogP) is 4.02. The standard InChI is InChI=1S/C11H8Br2N/c1-14-6-2-3-11(14)9-5-4-8(12)7-10(9)13/h3-7H,1H3. The minimum absolute atomic E-state index is 1.08. The Labute approximate surface area is 100 Å². The lowest BCUT2D eigenvalue weighted by Crippen LogP contribution is -1.89. The molecule has 0 aliphatic carbocycles. The van der Waals surface area contributed by atoms with E-state index in [-0.39, 0.29) is 0 Å². The molecule has 0 unspecified atom stereocenters. The third-order valence-electron chi connectivity index (χ3n) is 2.08. The van der Waals surface area contributed by atoms with Crippen LogP contribution in [0.25, 0.3) is 11.3 Å². The minimum Gasteiger partial charge on any atom is -0.350 e. The second-order valence-corrected chi connectivity index (χ2v) is 4.83. The van der Waals surface area contributed by atoms with Crippen LogP contribution in [0.15, 0.2) is 39.4 Å². The number of hydrogen-bond acceptors (Lipinski definition) is 0. The van der Waals surface area contributed by atoms with Gasteiger partial charge in [-0.3, -0.25) is 0 Å². The molecule has 1 heterocycles. The first-order chi connectivity index (χ1) is 6.68. The van der Waals surface area contributed by atoms with E-state index in [0.29, 0.717) is 0 Å². The molecule has 1 aromatic heterocycles. The largest absolute Gasteiger partial charge is 0.350 e. The summed E-state index contributed by atoms with van der Waals surface area (Å²) in [5.41, 5.74) is 2.33. The zero-order chi connectivity index (χ0) is 10.1. The van der Waals surface area contributed by atoms with Gasteiger partial charge >= 0.3 is 0 Å². The van der Waals surface area contributed by atoms with Crippen molar-refractivity contribution in [2.75, 3.05) is 0 Å². The van der Waals surface area contributed by atoms with Crippen LogP contribution in [0.3, 0.4) is 0 Å². The van der Waals surface area contributed by atoms with Crippen LogP contribution >= 0.6 is 31.9 Å². The highest BCUT2D eigenvalue weighted by Gasteiger charge is 2.05. The molecule has 0 atom stereocenters. The lowest BCUT2D eigenvalue weighted by molar-refractivity contribution is 0.936. The SMILES string of the molecule is Cn1c[c]cc1-c1ccc(Br)cc1Br. The summed E-state index contributed by atoms with van der Waals surface area (Å²) >= 11 is 6.98. The number of aromatic nitrogens is 1. The van der Waals surface area contributed by atoms with E-state index in [9.17, 15) is 0 Å². The molecule has 1 aromatic carbocycles. The maximum atomic E-state index is 3.55. The summed E-state index contributed by atoms with van der Waals surface area (Å²) < 4.78 is 4.21. The summed E-state index contributed by atoms with van der Waals surface area (Å²) in [6, 6.07) is 11.2. The van der Waals surface area contributed by atoms with Crippen LogP contribution in [0, 0.1) is 6.07 Å². The highest BCUT2D eigenvalue weighted by Crippen LogP contribution is 2.30. The molecule has 2 aromatic rings. The van der Waals surface area contributed by atoms with E-state index < -0.39 is 0 Å². The van der Waals surface area contributed by atoms with Crippen molar-refractivity contribution in [2.45, 2.75) is 0 Å². The molecule has 1 radical (unpaired) electrons. The molecule has 0 bridgehead atoms. The topological polar surface area (TPSA) is 4.93 Å². The number of rotatable bonds is 1. The van der Waals surface area contributed by atoms with Crippen molar-refractivity contribution in [1.29, 1.82) is 0 Å². The summed E-state index contributed by atoms with van der Waals surface area (Å²) in [5, 5.41) is 0. The van der Waals surface area contributed by atoms with Crippen LogP contribution in [0.5, 0.6) is 0 Å². The third kappa shape index (κ3) is 1.79. The Hall–Kier alpha value is -0.540. The molecule has 0 aliphatic heterocycles. The highest BCUT2D eigenvalue weighted by atomic mass is 79.9. The molecule has 71 valence electrons. The second-order valence-electron chi connectivity index (χ2n) is 3.06. The molecule has 0 fully saturated rings. The lowest BCUT2D eigenvalue weighted by Gasteiger charge is -2.06. The van der Waals surface area contributed by atoms with Gasteiger partial charge in [-0.2, -0.15) is 0 Å². The van der Waals surface area contributed by atoms with Crippen molar-refractivity contribution >= 4 is 31.9 Å². The Morgan fingerprint density at radius 1 is 1.29 bits per heavy atom. The molecule has 0 N–H and O–H groups in total. The average Bonchev–Trinajstić information content (AvgIpc) is 2.52. The molecular weight excluding hydrogens is 306 g/mol. The van der Waals surface area contributed by atoms with Gasteiger partial charge in [0, 0.05) is 39.5 Å². The number of aryl methyl sites for hydroxylation is 1. The Morgan fingerprint density at radius 2 is 2.07 bits per heavy atom. The lowest BCUT2D eigenvalue weighted by atomic mass is 10.1. The zero-order valence-corrected chi connectivity index (χ0v) is 10.8. The first-order valence-corrected chi connectivity index (χ1v) is 5.75. The van der Waals surface area contributed by atoms with Crippen molar-refractivity contribution in [2.24, 2.45) is 7.05 Å². The van der Waals surface area contributed by atoms with E-state index in [1.54, 1.807) is 0 Å². The van der Waals surface area contributed by atoms with Crippen LogP contribution in [0.2, 0.25) is 0 Å². The van der Waals surface area contributed by atoms with E-state index >= 15 is 0 Å². The normalized spacial score (nSPS) is 10.5. The monoisotopic (exact) mass is 312 g/mol. The van der Waals surface area contributed by atoms with Gasteiger partial charge in [0.25, 0.3) is 0 Å². The summed E-state index contributed by atoms with van der Waals surface area (Å²) in [4.78, 5) is 0. The maximum Gasteiger partial charge on any atom is 0.0495 e. The van der Waals surface area contributed by atoms with Gasteiger partial charge in [0.2, 0.25) is 0 Å². The Morgan fingerprint density at radius 3 is 2.64 bits per heavy atom. The molecule has 0 aliphatic rings. The van der Waals surface area contributed by atoms with Crippen LogP contribution in [0.4, 0.5) is 0 Å². The smallest absolute Gasteiger partial charge is 0.0495 e. The Balaban J connectivity index is 2.58.